The Morgan fingerprint density at radius 3 is 2.55 bits per heavy atom. The van der Waals surface area contributed by atoms with E-state index in [4.69, 9.17) is 6.42 Å². The van der Waals surface area contributed by atoms with Crippen LogP contribution in [0.25, 0.3) is 0 Å². The fourth-order valence-electron chi connectivity index (χ4n) is 4.39. The average molecular weight is 275 g/mol. The molecule has 0 bridgehead atoms. The van der Waals surface area contributed by atoms with Gasteiger partial charge in [0.15, 0.2) is 0 Å². The number of rotatable bonds is 7. The van der Waals surface area contributed by atoms with Crippen LogP contribution >= 0.6 is 0 Å². The molecular weight excluding hydrogens is 242 g/mol. The molecule has 3 atom stereocenters. The van der Waals surface area contributed by atoms with Crippen LogP contribution in [0.5, 0.6) is 0 Å². The van der Waals surface area contributed by atoms with Crippen molar-refractivity contribution in [2.75, 3.05) is 0 Å². The summed E-state index contributed by atoms with van der Waals surface area (Å²) in [5, 5.41) is 0. The molecule has 0 saturated carbocycles. The van der Waals surface area contributed by atoms with E-state index in [-0.39, 0.29) is 0 Å². The van der Waals surface area contributed by atoms with Crippen LogP contribution in [0.3, 0.4) is 0 Å². The second kappa shape index (κ2) is 8.73. The summed E-state index contributed by atoms with van der Waals surface area (Å²) in [4.78, 5) is 2.91. The predicted octanol–water partition coefficient (Wildman–Crippen LogP) is 5.15. The first-order valence-electron chi connectivity index (χ1n) is 9.04. The Bertz CT molecular complexity index is 303. The highest BCUT2D eigenvalue weighted by Crippen LogP contribution is 2.36. The molecule has 20 heavy (non-hydrogen) atoms. The topological polar surface area (TPSA) is 3.24 Å². The molecule has 2 heterocycles. The maximum absolute atomic E-state index is 5.28. The van der Waals surface area contributed by atoms with Crippen LogP contribution < -0.4 is 0 Å². The molecule has 0 amide bonds. The van der Waals surface area contributed by atoms with Crippen LogP contribution in [0, 0.1) is 12.3 Å². The van der Waals surface area contributed by atoms with Crippen molar-refractivity contribution in [2.24, 2.45) is 0 Å². The lowest BCUT2D eigenvalue weighted by Crippen LogP contribution is -2.41. The lowest BCUT2D eigenvalue weighted by Gasteiger charge is -2.34. The van der Waals surface area contributed by atoms with E-state index < -0.39 is 0 Å². The van der Waals surface area contributed by atoms with Gasteiger partial charge in [-0.25, -0.2) is 0 Å². The van der Waals surface area contributed by atoms with E-state index in [0.29, 0.717) is 0 Å². The van der Waals surface area contributed by atoms with Gasteiger partial charge in [0.2, 0.25) is 0 Å². The van der Waals surface area contributed by atoms with Gasteiger partial charge in [-0.15, -0.1) is 12.3 Å². The Labute approximate surface area is 126 Å². The van der Waals surface area contributed by atoms with E-state index in [9.17, 15) is 0 Å². The predicted molar refractivity (Wildman–Crippen MR) is 87.7 cm³/mol. The lowest BCUT2D eigenvalue weighted by atomic mass is 10.0. The summed E-state index contributed by atoms with van der Waals surface area (Å²) in [5.41, 5.74) is 0. The average Bonchev–Trinajstić information content (AvgIpc) is 2.76. The van der Waals surface area contributed by atoms with Crippen molar-refractivity contribution in [3.63, 3.8) is 0 Å². The smallest absolute Gasteiger partial charge is 0.0102 e. The molecule has 2 rings (SSSR count). The molecule has 0 N–H and O–H groups in total. The summed E-state index contributed by atoms with van der Waals surface area (Å²) < 4.78 is 0. The van der Waals surface area contributed by atoms with Gasteiger partial charge in [0.1, 0.15) is 0 Å². The molecule has 0 aromatic heterocycles. The van der Waals surface area contributed by atoms with Crippen LogP contribution in [0.15, 0.2) is 0 Å². The molecule has 0 aliphatic carbocycles. The zero-order chi connectivity index (χ0) is 14.2. The number of terminal acetylenes is 1. The maximum Gasteiger partial charge on any atom is 0.0102 e. The Balaban J connectivity index is 1.64. The van der Waals surface area contributed by atoms with E-state index in [1.54, 1.807) is 0 Å². The summed E-state index contributed by atoms with van der Waals surface area (Å²) in [5.74, 6) is 2.74. The highest BCUT2D eigenvalue weighted by atomic mass is 15.2. The van der Waals surface area contributed by atoms with Crippen molar-refractivity contribution in [3.8, 4) is 12.3 Å². The summed E-state index contributed by atoms with van der Waals surface area (Å²) in [7, 11) is 0. The van der Waals surface area contributed by atoms with Crippen LogP contribution in [-0.4, -0.2) is 23.0 Å². The minimum atomic E-state index is 0.839. The van der Waals surface area contributed by atoms with E-state index >= 15 is 0 Å². The molecule has 2 saturated heterocycles. The van der Waals surface area contributed by atoms with Gasteiger partial charge < -0.3 is 0 Å². The molecule has 3 unspecified atom stereocenters. The van der Waals surface area contributed by atoms with Gasteiger partial charge in [0, 0.05) is 24.5 Å². The molecule has 114 valence electrons. The number of unbranched alkanes of at least 4 members (excludes halogenated alkanes) is 5. The molecule has 0 aromatic rings. The van der Waals surface area contributed by atoms with Gasteiger partial charge in [0.25, 0.3) is 0 Å². The van der Waals surface area contributed by atoms with Gasteiger partial charge in [-0.05, 0) is 45.4 Å². The van der Waals surface area contributed by atoms with Gasteiger partial charge >= 0.3 is 0 Å². The monoisotopic (exact) mass is 275 g/mol. The highest BCUT2D eigenvalue weighted by molar-refractivity contribution is 4.92. The third kappa shape index (κ3) is 4.52. The van der Waals surface area contributed by atoms with Crippen molar-refractivity contribution in [3.05, 3.63) is 0 Å². The van der Waals surface area contributed by atoms with E-state index in [2.05, 4.69) is 17.7 Å². The third-order valence-electron chi connectivity index (χ3n) is 5.45. The van der Waals surface area contributed by atoms with Gasteiger partial charge in [-0.1, -0.05) is 38.5 Å². The van der Waals surface area contributed by atoms with Gasteiger partial charge in [-0.2, -0.15) is 0 Å². The lowest BCUT2D eigenvalue weighted by molar-refractivity contribution is 0.132. The van der Waals surface area contributed by atoms with Crippen molar-refractivity contribution >= 4 is 0 Å². The van der Waals surface area contributed by atoms with E-state index in [1.165, 1.54) is 77.0 Å². The Morgan fingerprint density at radius 2 is 1.70 bits per heavy atom. The van der Waals surface area contributed by atoms with Crippen molar-refractivity contribution in [1.29, 1.82) is 0 Å². The molecule has 1 nitrogen and oxygen atoms in total. The molecule has 0 radical (unpaired) electrons. The van der Waals surface area contributed by atoms with Gasteiger partial charge in [0.05, 0.1) is 0 Å². The normalized spacial score (nSPS) is 30.7. The summed E-state index contributed by atoms with van der Waals surface area (Å²) in [6.07, 6.45) is 23.2. The minimum absolute atomic E-state index is 0.839. The minimum Gasteiger partial charge on any atom is -0.295 e. The number of hydrogen-bond donors (Lipinski definition) is 0. The Morgan fingerprint density at radius 1 is 0.950 bits per heavy atom. The standard InChI is InChI=1S/C19H33N/c1-3-4-5-6-7-8-9-13-18-15-16-19-14-11-10-12-17(2)20(18)19/h1,17-19H,4-16H2,2H3. The first-order valence-corrected chi connectivity index (χ1v) is 9.04. The second-order valence-corrected chi connectivity index (χ2v) is 6.98. The molecule has 1 heteroatoms. The SMILES string of the molecule is C#CCCCCCCCC1CCC2CCCCC(C)N12. The highest BCUT2D eigenvalue weighted by Gasteiger charge is 2.36. The maximum atomic E-state index is 5.28. The van der Waals surface area contributed by atoms with Crippen molar-refractivity contribution in [2.45, 2.75) is 109 Å². The molecule has 2 aliphatic rings. The number of hydrogen-bond acceptors (Lipinski definition) is 1. The summed E-state index contributed by atoms with van der Waals surface area (Å²) >= 11 is 0. The van der Waals surface area contributed by atoms with Crippen LogP contribution in [0.1, 0.15) is 90.4 Å². The Kier molecular flexibility index (Phi) is 6.94. The summed E-state index contributed by atoms with van der Waals surface area (Å²) in [6, 6.07) is 2.66. The molecule has 2 aliphatic heterocycles. The first-order chi connectivity index (χ1) is 9.83. The largest absolute Gasteiger partial charge is 0.295 e. The second-order valence-electron chi connectivity index (χ2n) is 6.98. The van der Waals surface area contributed by atoms with E-state index in [1.807, 2.05) is 0 Å². The zero-order valence-corrected chi connectivity index (χ0v) is 13.4. The fourth-order valence-corrected chi connectivity index (χ4v) is 4.39. The third-order valence-corrected chi connectivity index (χ3v) is 5.45. The first kappa shape index (κ1) is 15.9. The van der Waals surface area contributed by atoms with E-state index in [0.717, 1.165) is 24.5 Å². The van der Waals surface area contributed by atoms with Crippen molar-refractivity contribution < 1.29 is 0 Å². The number of fused-ring (bicyclic) bond motifs is 1. The molecule has 2 fully saturated rings. The van der Waals surface area contributed by atoms with Crippen molar-refractivity contribution in [1.82, 2.24) is 4.90 Å². The summed E-state index contributed by atoms with van der Waals surface area (Å²) in [6.45, 7) is 2.47. The molecule has 0 aromatic carbocycles. The van der Waals surface area contributed by atoms with Gasteiger partial charge in [-0.3, -0.25) is 4.90 Å². The molecular formula is C19H33N. The quantitative estimate of drug-likeness (QED) is 0.459. The fraction of sp³-hybridized carbons (Fsp3) is 0.895. The number of nitrogens with zero attached hydrogens (tertiary/aromatic N) is 1. The van der Waals surface area contributed by atoms with Crippen LogP contribution in [0.2, 0.25) is 0 Å². The Hall–Kier alpha value is -0.480. The zero-order valence-electron chi connectivity index (χ0n) is 13.4. The van der Waals surface area contributed by atoms with Crippen LogP contribution in [0.4, 0.5) is 0 Å². The van der Waals surface area contributed by atoms with Crippen LogP contribution in [-0.2, 0) is 0 Å². The molecule has 0 spiro atoms.